The molecule has 2 aliphatic heterocycles. The van der Waals surface area contributed by atoms with Gasteiger partial charge in [0.25, 0.3) is 0 Å². The molecule has 6 nitrogen and oxygen atoms in total. The summed E-state index contributed by atoms with van der Waals surface area (Å²) in [6.45, 7) is 3.86. The van der Waals surface area contributed by atoms with E-state index in [0.29, 0.717) is 10.9 Å². The van der Waals surface area contributed by atoms with Crippen molar-refractivity contribution >= 4 is 22.6 Å². The largest absolute Gasteiger partial charge is 0.497 e. The normalized spacial score (nSPS) is 22.9. The number of hydrogen-bond acceptors (Lipinski definition) is 4. The summed E-state index contributed by atoms with van der Waals surface area (Å²) >= 11 is 6.08. The van der Waals surface area contributed by atoms with Gasteiger partial charge in [0, 0.05) is 30.7 Å². The van der Waals surface area contributed by atoms with Crippen LogP contribution in [0.3, 0.4) is 0 Å². The van der Waals surface area contributed by atoms with Crippen molar-refractivity contribution in [3.05, 3.63) is 63.5 Å². The van der Waals surface area contributed by atoms with Crippen LogP contribution in [-0.4, -0.2) is 47.8 Å². The van der Waals surface area contributed by atoms with Crippen LogP contribution < -0.4 is 10.4 Å². The van der Waals surface area contributed by atoms with E-state index in [9.17, 15) is 4.79 Å². The van der Waals surface area contributed by atoms with Crippen molar-refractivity contribution in [3.63, 3.8) is 0 Å². The molecule has 0 radical (unpaired) electrons. The van der Waals surface area contributed by atoms with Crippen LogP contribution in [0.2, 0.25) is 5.02 Å². The number of hydrogen-bond donors (Lipinski definition) is 1. The Bertz CT molecular complexity index is 1100. The minimum absolute atomic E-state index is 0.0396. The second-order valence-corrected chi connectivity index (χ2v) is 9.13. The van der Waals surface area contributed by atoms with E-state index in [2.05, 4.69) is 22.0 Å². The number of fused-ring (bicyclic) bond motifs is 1. The minimum Gasteiger partial charge on any atom is -0.497 e. The van der Waals surface area contributed by atoms with Crippen LogP contribution in [0.25, 0.3) is 11.0 Å². The van der Waals surface area contributed by atoms with Gasteiger partial charge in [-0.05, 0) is 61.1 Å². The topological polar surface area (TPSA) is 59.5 Å². The number of ether oxygens (including phenoxy) is 2. The van der Waals surface area contributed by atoms with Crippen LogP contribution >= 0.6 is 11.6 Å². The molecule has 164 valence electrons. The van der Waals surface area contributed by atoms with Gasteiger partial charge in [-0.25, -0.2) is 4.79 Å². The molecule has 1 N–H and O–H groups in total. The number of benzene rings is 2. The summed E-state index contributed by atoms with van der Waals surface area (Å²) in [6.07, 6.45) is 3.18. The highest BCUT2D eigenvalue weighted by Gasteiger charge is 2.30. The molecule has 1 aromatic heterocycles. The number of nitrogens with zero attached hydrogens (tertiary/aromatic N) is 2. The Hall–Kier alpha value is -2.28. The molecule has 2 aliphatic rings. The summed E-state index contributed by atoms with van der Waals surface area (Å²) in [5.41, 5.74) is 2.94. The number of likely N-dealkylation sites (tertiary alicyclic amines) is 1. The molecule has 2 saturated heterocycles. The highest BCUT2D eigenvalue weighted by molar-refractivity contribution is 6.31. The summed E-state index contributed by atoms with van der Waals surface area (Å²) in [6, 6.07) is 14.0. The third-order valence-corrected chi connectivity index (χ3v) is 6.92. The summed E-state index contributed by atoms with van der Waals surface area (Å²) in [5.74, 6) is 1.42. The minimum atomic E-state index is -0.0396. The number of halogens is 1. The number of aromatic nitrogens is 2. The van der Waals surface area contributed by atoms with E-state index < -0.39 is 0 Å². The Morgan fingerprint density at radius 1 is 1.16 bits per heavy atom. The molecule has 7 heteroatoms. The molecule has 2 atom stereocenters. The highest BCUT2D eigenvalue weighted by Crippen LogP contribution is 2.34. The van der Waals surface area contributed by atoms with Gasteiger partial charge in [0.05, 0.1) is 30.9 Å². The Kier molecular flexibility index (Phi) is 5.78. The molecule has 3 aromatic rings. The summed E-state index contributed by atoms with van der Waals surface area (Å²) < 4.78 is 13.3. The summed E-state index contributed by atoms with van der Waals surface area (Å²) in [5, 5.41) is 0.641. The molecule has 0 amide bonds. The Balaban J connectivity index is 1.17. The van der Waals surface area contributed by atoms with Gasteiger partial charge in [-0.15, -0.1) is 0 Å². The molecule has 5 rings (SSSR count). The first-order valence-electron chi connectivity index (χ1n) is 11.0. The summed E-state index contributed by atoms with van der Waals surface area (Å²) in [7, 11) is 1.69. The molecule has 2 fully saturated rings. The molecule has 0 spiro atoms. The van der Waals surface area contributed by atoms with E-state index >= 15 is 0 Å². The molecular weight excluding hydrogens is 414 g/mol. The van der Waals surface area contributed by atoms with Crippen LogP contribution in [-0.2, 0) is 4.74 Å². The Labute approximate surface area is 186 Å². The monoisotopic (exact) mass is 441 g/mol. The number of aromatic amines is 1. The zero-order chi connectivity index (χ0) is 21.4. The predicted molar refractivity (Wildman–Crippen MR) is 122 cm³/mol. The van der Waals surface area contributed by atoms with Gasteiger partial charge in [-0.3, -0.25) is 4.57 Å². The van der Waals surface area contributed by atoms with Crippen LogP contribution in [0.4, 0.5) is 0 Å². The van der Waals surface area contributed by atoms with Gasteiger partial charge in [0.15, 0.2) is 0 Å². The molecule has 31 heavy (non-hydrogen) atoms. The van der Waals surface area contributed by atoms with Gasteiger partial charge in [0.1, 0.15) is 5.75 Å². The van der Waals surface area contributed by atoms with Gasteiger partial charge < -0.3 is 19.4 Å². The molecule has 3 heterocycles. The van der Waals surface area contributed by atoms with Crippen LogP contribution in [0.15, 0.2) is 47.3 Å². The van der Waals surface area contributed by atoms with Crippen molar-refractivity contribution in [1.29, 1.82) is 0 Å². The zero-order valence-electron chi connectivity index (χ0n) is 17.7. The number of piperidine rings is 1. The fraction of sp³-hybridized carbons (Fsp3) is 0.458. The van der Waals surface area contributed by atoms with Crippen molar-refractivity contribution < 1.29 is 9.47 Å². The predicted octanol–water partition coefficient (Wildman–Crippen LogP) is 4.41. The number of rotatable bonds is 5. The van der Waals surface area contributed by atoms with Crippen molar-refractivity contribution in [2.24, 2.45) is 5.92 Å². The van der Waals surface area contributed by atoms with Crippen molar-refractivity contribution in [3.8, 4) is 5.75 Å². The van der Waals surface area contributed by atoms with Crippen LogP contribution in [0.1, 0.15) is 37.0 Å². The van der Waals surface area contributed by atoms with Gasteiger partial charge in [-0.2, -0.15) is 0 Å². The second-order valence-electron chi connectivity index (χ2n) is 8.69. The van der Waals surface area contributed by atoms with Gasteiger partial charge in [0.2, 0.25) is 0 Å². The molecule has 0 aliphatic carbocycles. The number of H-pyrrole nitrogens is 1. The highest BCUT2D eigenvalue weighted by atomic mass is 35.5. The van der Waals surface area contributed by atoms with Crippen molar-refractivity contribution in [2.45, 2.75) is 31.4 Å². The van der Waals surface area contributed by atoms with Gasteiger partial charge in [-0.1, -0.05) is 23.7 Å². The molecule has 0 bridgehead atoms. The number of nitrogens with one attached hydrogen (secondary N) is 1. The second kappa shape index (κ2) is 8.69. The third kappa shape index (κ3) is 4.25. The lowest BCUT2D eigenvalue weighted by molar-refractivity contribution is 0.100. The quantitative estimate of drug-likeness (QED) is 0.637. The van der Waals surface area contributed by atoms with E-state index in [4.69, 9.17) is 21.1 Å². The Morgan fingerprint density at radius 3 is 2.68 bits per heavy atom. The van der Waals surface area contributed by atoms with Crippen LogP contribution in [0.5, 0.6) is 5.75 Å². The average Bonchev–Trinajstić information content (AvgIpc) is 3.38. The lowest BCUT2D eigenvalue weighted by Crippen LogP contribution is -2.39. The molecule has 2 aromatic carbocycles. The number of imidazole rings is 1. The standard InChI is InChI=1S/C24H28ClN3O3/c1-30-20-5-2-17(3-6-20)23-12-16(15-31-23)14-27-10-8-19(9-11-27)28-22-7-4-18(25)13-21(22)26-24(28)29/h2-7,13,16,19,23H,8-12,14-15H2,1H3,(H,26,29). The zero-order valence-corrected chi connectivity index (χ0v) is 18.5. The third-order valence-electron chi connectivity index (χ3n) is 6.69. The van der Waals surface area contributed by atoms with Crippen molar-refractivity contribution in [2.75, 3.05) is 33.4 Å². The molecular formula is C24H28ClN3O3. The van der Waals surface area contributed by atoms with E-state index in [1.165, 1.54) is 5.56 Å². The first kappa shape index (κ1) is 20.6. The van der Waals surface area contributed by atoms with E-state index in [0.717, 1.165) is 62.3 Å². The average molecular weight is 442 g/mol. The van der Waals surface area contributed by atoms with E-state index in [1.807, 2.05) is 34.9 Å². The maximum atomic E-state index is 12.5. The van der Waals surface area contributed by atoms with E-state index in [1.54, 1.807) is 7.11 Å². The number of methoxy groups -OCH3 is 1. The Morgan fingerprint density at radius 2 is 1.94 bits per heavy atom. The lowest BCUT2D eigenvalue weighted by Gasteiger charge is -2.33. The summed E-state index contributed by atoms with van der Waals surface area (Å²) in [4.78, 5) is 18.0. The smallest absolute Gasteiger partial charge is 0.326 e. The molecule has 0 saturated carbocycles. The SMILES string of the molecule is COc1ccc(C2CC(CN3CCC(n4c(=O)[nH]c5cc(Cl)ccc54)CC3)CO2)cc1. The maximum Gasteiger partial charge on any atom is 0.326 e. The van der Waals surface area contributed by atoms with Gasteiger partial charge >= 0.3 is 5.69 Å². The lowest BCUT2D eigenvalue weighted by atomic mass is 9.98. The fourth-order valence-electron chi connectivity index (χ4n) is 5.06. The van der Waals surface area contributed by atoms with E-state index in [-0.39, 0.29) is 17.8 Å². The molecule has 2 unspecified atom stereocenters. The first-order valence-corrected chi connectivity index (χ1v) is 11.4. The fourth-order valence-corrected chi connectivity index (χ4v) is 5.23. The van der Waals surface area contributed by atoms with Crippen LogP contribution in [0, 0.1) is 5.92 Å². The van der Waals surface area contributed by atoms with Crippen molar-refractivity contribution in [1.82, 2.24) is 14.5 Å². The maximum absolute atomic E-state index is 12.5. The first-order chi connectivity index (χ1) is 15.1.